The zero-order valence-electron chi connectivity index (χ0n) is 10.7. The molecule has 0 aliphatic carbocycles. The Labute approximate surface area is 107 Å². The first-order chi connectivity index (χ1) is 8.81. The van der Waals surface area contributed by atoms with Gasteiger partial charge in [0.1, 0.15) is 11.6 Å². The molecule has 5 heteroatoms. The van der Waals surface area contributed by atoms with Crippen molar-refractivity contribution in [1.29, 1.82) is 0 Å². The first kappa shape index (κ1) is 13.2. The van der Waals surface area contributed by atoms with Crippen LogP contribution < -0.4 is 10.2 Å². The Balaban J connectivity index is 1.88. The van der Waals surface area contributed by atoms with Crippen LogP contribution >= 0.6 is 0 Å². The standard InChI is InChI=1S/C13H20FN3O/c1-18-8-6-15-10-12-3-2-7-17(12)13-5-4-11(14)9-16-13/h4-5,9,12,15H,2-3,6-8,10H2,1H3. The summed E-state index contributed by atoms with van der Waals surface area (Å²) in [6.07, 6.45) is 3.60. The zero-order valence-corrected chi connectivity index (χ0v) is 10.7. The van der Waals surface area contributed by atoms with E-state index < -0.39 is 0 Å². The van der Waals surface area contributed by atoms with E-state index >= 15 is 0 Å². The van der Waals surface area contributed by atoms with E-state index in [0.717, 1.165) is 44.9 Å². The van der Waals surface area contributed by atoms with E-state index in [1.165, 1.54) is 12.3 Å². The third-order valence-corrected chi connectivity index (χ3v) is 3.25. The fourth-order valence-corrected chi connectivity index (χ4v) is 2.33. The van der Waals surface area contributed by atoms with E-state index in [9.17, 15) is 4.39 Å². The highest BCUT2D eigenvalue weighted by atomic mass is 19.1. The molecule has 0 aromatic carbocycles. The molecule has 1 N–H and O–H groups in total. The van der Waals surface area contributed by atoms with Gasteiger partial charge in [-0.2, -0.15) is 0 Å². The molecule has 0 amide bonds. The summed E-state index contributed by atoms with van der Waals surface area (Å²) in [7, 11) is 1.70. The molecule has 1 unspecified atom stereocenters. The minimum Gasteiger partial charge on any atom is -0.383 e. The number of halogens is 1. The van der Waals surface area contributed by atoms with Gasteiger partial charge in [-0.15, -0.1) is 0 Å². The Hall–Kier alpha value is -1.20. The lowest BCUT2D eigenvalue weighted by Gasteiger charge is -2.26. The van der Waals surface area contributed by atoms with Crippen molar-refractivity contribution >= 4 is 5.82 Å². The van der Waals surface area contributed by atoms with E-state index in [1.54, 1.807) is 13.2 Å². The number of methoxy groups -OCH3 is 1. The average molecular weight is 253 g/mol. The summed E-state index contributed by atoms with van der Waals surface area (Å²) < 4.78 is 17.9. The minimum absolute atomic E-state index is 0.285. The molecule has 0 spiro atoms. The van der Waals surface area contributed by atoms with Gasteiger partial charge in [0.15, 0.2) is 0 Å². The van der Waals surface area contributed by atoms with Gasteiger partial charge in [-0.25, -0.2) is 9.37 Å². The van der Waals surface area contributed by atoms with E-state index in [0.29, 0.717) is 6.04 Å². The Kier molecular flexibility index (Phi) is 4.90. The van der Waals surface area contributed by atoms with Gasteiger partial charge in [0.05, 0.1) is 12.8 Å². The number of hydrogen-bond acceptors (Lipinski definition) is 4. The Bertz CT molecular complexity index is 358. The largest absolute Gasteiger partial charge is 0.383 e. The summed E-state index contributed by atoms with van der Waals surface area (Å²) in [5, 5.41) is 3.37. The monoisotopic (exact) mass is 253 g/mol. The maximum atomic E-state index is 12.9. The Morgan fingerprint density at radius 3 is 3.17 bits per heavy atom. The highest BCUT2D eigenvalue weighted by Crippen LogP contribution is 2.23. The van der Waals surface area contributed by atoms with Crippen LogP contribution in [0, 0.1) is 5.82 Å². The Morgan fingerprint density at radius 2 is 2.44 bits per heavy atom. The highest BCUT2D eigenvalue weighted by molar-refractivity contribution is 5.40. The fraction of sp³-hybridized carbons (Fsp3) is 0.615. The molecule has 100 valence electrons. The first-order valence-corrected chi connectivity index (χ1v) is 6.39. The van der Waals surface area contributed by atoms with Crippen molar-refractivity contribution in [2.24, 2.45) is 0 Å². The second-order valence-electron chi connectivity index (χ2n) is 4.52. The van der Waals surface area contributed by atoms with Crippen LogP contribution in [0.3, 0.4) is 0 Å². The summed E-state index contributed by atoms with van der Waals surface area (Å²) in [5.74, 6) is 0.583. The van der Waals surface area contributed by atoms with Crippen molar-refractivity contribution in [2.45, 2.75) is 18.9 Å². The smallest absolute Gasteiger partial charge is 0.141 e. The van der Waals surface area contributed by atoms with E-state index in [-0.39, 0.29) is 5.82 Å². The van der Waals surface area contributed by atoms with E-state index in [4.69, 9.17) is 4.74 Å². The second kappa shape index (κ2) is 6.66. The second-order valence-corrected chi connectivity index (χ2v) is 4.52. The summed E-state index contributed by atoms with van der Waals surface area (Å²) >= 11 is 0. The van der Waals surface area contributed by atoms with Gasteiger partial charge in [-0.1, -0.05) is 0 Å². The maximum absolute atomic E-state index is 12.9. The van der Waals surface area contributed by atoms with Crippen molar-refractivity contribution < 1.29 is 9.13 Å². The number of nitrogens with zero attached hydrogens (tertiary/aromatic N) is 2. The van der Waals surface area contributed by atoms with Gasteiger partial charge in [0.25, 0.3) is 0 Å². The number of anilines is 1. The number of rotatable bonds is 6. The van der Waals surface area contributed by atoms with E-state index in [2.05, 4.69) is 15.2 Å². The lowest BCUT2D eigenvalue weighted by Crippen LogP contribution is -2.39. The van der Waals surface area contributed by atoms with E-state index in [1.807, 2.05) is 0 Å². The van der Waals surface area contributed by atoms with Crippen LogP contribution in [0.1, 0.15) is 12.8 Å². The molecular formula is C13H20FN3O. The molecular weight excluding hydrogens is 233 g/mol. The topological polar surface area (TPSA) is 37.4 Å². The number of nitrogens with one attached hydrogen (secondary N) is 1. The highest BCUT2D eigenvalue weighted by Gasteiger charge is 2.24. The van der Waals surface area contributed by atoms with Gasteiger partial charge in [-0.3, -0.25) is 0 Å². The van der Waals surface area contributed by atoms with Crippen molar-refractivity contribution in [3.05, 3.63) is 24.1 Å². The maximum Gasteiger partial charge on any atom is 0.141 e. The SMILES string of the molecule is COCCNCC1CCCN1c1ccc(F)cn1. The molecule has 1 aliphatic rings. The number of ether oxygens (including phenoxy) is 1. The lowest BCUT2D eigenvalue weighted by atomic mass is 10.2. The molecule has 0 bridgehead atoms. The molecule has 1 aromatic heterocycles. The van der Waals surface area contributed by atoms with Crippen molar-refractivity contribution in [1.82, 2.24) is 10.3 Å². The summed E-state index contributed by atoms with van der Waals surface area (Å²) in [4.78, 5) is 6.40. The van der Waals surface area contributed by atoms with Crippen LogP contribution in [0.4, 0.5) is 10.2 Å². The number of pyridine rings is 1. The lowest BCUT2D eigenvalue weighted by molar-refractivity contribution is 0.199. The van der Waals surface area contributed by atoms with Gasteiger partial charge in [0, 0.05) is 32.8 Å². The van der Waals surface area contributed by atoms with Crippen molar-refractivity contribution in [2.75, 3.05) is 38.3 Å². The molecule has 4 nitrogen and oxygen atoms in total. The van der Waals surface area contributed by atoms with Gasteiger partial charge < -0.3 is 15.0 Å². The first-order valence-electron chi connectivity index (χ1n) is 6.39. The minimum atomic E-state index is -0.285. The van der Waals surface area contributed by atoms with Gasteiger partial charge in [0.2, 0.25) is 0 Å². The molecule has 1 fully saturated rings. The molecule has 1 atom stereocenters. The normalized spacial score (nSPS) is 19.4. The number of aromatic nitrogens is 1. The molecule has 2 rings (SSSR count). The third-order valence-electron chi connectivity index (χ3n) is 3.25. The zero-order chi connectivity index (χ0) is 12.8. The average Bonchev–Trinajstić information content (AvgIpc) is 2.84. The third kappa shape index (κ3) is 3.40. The summed E-state index contributed by atoms with van der Waals surface area (Å²) in [6, 6.07) is 3.67. The van der Waals surface area contributed by atoms with Gasteiger partial charge in [-0.05, 0) is 25.0 Å². The molecule has 0 saturated carbocycles. The van der Waals surface area contributed by atoms with Crippen LogP contribution in [-0.2, 0) is 4.74 Å². The van der Waals surface area contributed by atoms with Crippen molar-refractivity contribution in [3.63, 3.8) is 0 Å². The summed E-state index contributed by atoms with van der Waals surface area (Å²) in [5.41, 5.74) is 0. The molecule has 0 radical (unpaired) electrons. The van der Waals surface area contributed by atoms with Crippen molar-refractivity contribution in [3.8, 4) is 0 Å². The predicted octanol–water partition coefficient (Wildman–Crippen LogP) is 1.43. The summed E-state index contributed by atoms with van der Waals surface area (Å²) in [6.45, 7) is 3.50. The molecule has 1 aliphatic heterocycles. The van der Waals surface area contributed by atoms with Crippen LogP contribution in [-0.4, -0.2) is 44.4 Å². The predicted molar refractivity (Wildman–Crippen MR) is 69.3 cm³/mol. The van der Waals surface area contributed by atoms with Crippen LogP contribution in [0.5, 0.6) is 0 Å². The van der Waals surface area contributed by atoms with Crippen LogP contribution in [0.15, 0.2) is 18.3 Å². The molecule has 1 aromatic rings. The Morgan fingerprint density at radius 1 is 1.56 bits per heavy atom. The van der Waals surface area contributed by atoms with Crippen LogP contribution in [0.2, 0.25) is 0 Å². The fourth-order valence-electron chi connectivity index (χ4n) is 2.33. The molecule has 2 heterocycles. The van der Waals surface area contributed by atoms with Gasteiger partial charge >= 0.3 is 0 Å². The van der Waals surface area contributed by atoms with Crippen LogP contribution in [0.25, 0.3) is 0 Å². The molecule has 18 heavy (non-hydrogen) atoms. The number of hydrogen-bond donors (Lipinski definition) is 1. The molecule has 1 saturated heterocycles. The quantitative estimate of drug-likeness (QED) is 0.778.